The van der Waals surface area contributed by atoms with Crippen molar-refractivity contribution in [1.29, 1.82) is 0 Å². The van der Waals surface area contributed by atoms with Gasteiger partial charge in [0.05, 0.1) is 29.2 Å². The summed E-state index contributed by atoms with van der Waals surface area (Å²) in [5.41, 5.74) is 1.82. The molecule has 3 aromatic rings. The molecule has 0 radical (unpaired) electrons. The number of H-pyrrole nitrogens is 1. The summed E-state index contributed by atoms with van der Waals surface area (Å²) in [6.45, 7) is 3.87. The maximum atomic E-state index is 13.5. The van der Waals surface area contributed by atoms with Crippen molar-refractivity contribution in [2.75, 3.05) is 36.5 Å². The van der Waals surface area contributed by atoms with Gasteiger partial charge in [-0.05, 0) is 19.1 Å². The predicted octanol–water partition coefficient (Wildman–Crippen LogP) is 2.86. The number of ether oxygens (including phenoxy) is 1. The molecule has 1 saturated heterocycles. The Labute approximate surface area is 162 Å². The molecule has 0 aliphatic carbocycles. The summed E-state index contributed by atoms with van der Waals surface area (Å²) in [5, 5.41) is 12.4. The smallest absolute Gasteiger partial charge is 0.335 e. The molecule has 1 fully saturated rings. The zero-order valence-electron chi connectivity index (χ0n) is 14.9. The number of rotatable bonds is 4. The molecule has 0 unspecified atom stereocenters. The van der Waals surface area contributed by atoms with Gasteiger partial charge in [0.15, 0.2) is 5.13 Å². The first-order chi connectivity index (χ1) is 13.4. The first kappa shape index (κ1) is 18.4. The van der Waals surface area contributed by atoms with Crippen LogP contribution in [0.2, 0.25) is 0 Å². The van der Waals surface area contributed by atoms with Crippen LogP contribution in [0.25, 0.3) is 10.2 Å². The highest BCUT2D eigenvalue weighted by molar-refractivity contribution is 7.22. The number of aromatic nitrogens is 2. The van der Waals surface area contributed by atoms with Gasteiger partial charge < -0.3 is 19.7 Å². The van der Waals surface area contributed by atoms with Gasteiger partial charge in [0.25, 0.3) is 5.91 Å². The lowest BCUT2D eigenvalue weighted by Gasteiger charge is -2.29. The van der Waals surface area contributed by atoms with Crippen LogP contribution in [0.1, 0.15) is 26.5 Å². The Morgan fingerprint density at radius 1 is 1.32 bits per heavy atom. The fourth-order valence-corrected chi connectivity index (χ4v) is 3.98. The normalized spacial score (nSPS) is 14.4. The van der Waals surface area contributed by atoms with E-state index in [4.69, 9.17) is 4.74 Å². The van der Waals surface area contributed by atoms with E-state index < -0.39 is 17.7 Å². The van der Waals surface area contributed by atoms with Crippen molar-refractivity contribution in [2.45, 2.75) is 6.92 Å². The van der Waals surface area contributed by atoms with Gasteiger partial charge >= 0.3 is 5.97 Å². The van der Waals surface area contributed by atoms with Crippen molar-refractivity contribution in [3.05, 3.63) is 41.0 Å². The second-order valence-electron chi connectivity index (χ2n) is 6.38. The number of amides is 1. The van der Waals surface area contributed by atoms with E-state index in [1.165, 1.54) is 24.3 Å². The van der Waals surface area contributed by atoms with Crippen molar-refractivity contribution in [2.24, 2.45) is 0 Å². The molecular weight excluding hydrogens is 387 g/mol. The lowest BCUT2D eigenvalue weighted by molar-refractivity contribution is 0.0697. The number of aromatic amines is 1. The number of benzene rings is 1. The van der Waals surface area contributed by atoms with Gasteiger partial charge in [-0.3, -0.25) is 10.1 Å². The Kier molecular flexibility index (Phi) is 4.73. The van der Waals surface area contributed by atoms with Gasteiger partial charge in [-0.1, -0.05) is 11.3 Å². The maximum Gasteiger partial charge on any atom is 0.335 e. The van der Waals surface area contributed by atoms with Crippen molar-refractivity contribution < 1.29 is 23.8 Å². The van der Waals surface area contributed by atoms with Crippen molar-refractivity contribution >= 4 is 44.2 Å². The fourth-order valence-electron chi connectivity index (χ4n) is 3.05. The van der Waals surface area contributed by atoms with Gasteiger partial charge in [0, 0.05) is 24.8 Å². The zero-order valence-corrected chi connectivity index (χ0v) is 15.7. The second kappa shape index (κ2) is 7.21. The number of halogens is 1. The van der Waals surface area contributed by atoms with Crippen molar-refractivity contribution in [3.63, 3.8) is 0 Å². The Morgan fingerprint density at radius 3 is 2.71 bits per heavy atom. The van der Waals surface area contributed by atoms with E-state index in [2.05, 4.69) is 15.3 Å². The number of carboxylic acids is 1. The molecule has 3 heterocycles. The van der Waals surface area contributed by atoms with Crippen LogP contribution in [0.5, 0.6) is 0 Å². The van der Waals surface area contributed by atoms with Crippen molar-refractivity contribution in [3.8, 4) is 0 Å². The van der Waals surface area contributed by atoms with Crippen LogP contribution >= 0.6 is 11.3 Å². The molecule has 4 rings (SSSR count). The van der Waals surface area contributed by atoms with E-state index in [9.17, 15) is 19.1 Å². The Hall–Kier alpha value is -2.98. The molecule has 0 saturated carbocycles. The van der Waals surface area contributed by atoms with Crippen LogP contribution in [-0.2, 0) is 4.74 Å². The number of anilines is 2. The Bertz CT molecular complexity index is 1050. The minimum atomic E-state index is -1.03. The average Bonchev–Trinajstić information content (AvgIpc) is 3.24. The van der Waals surface area contributed by atoms with Gasteiger partial charge in [0.2, 0.25) is 0 Å². The molecular formula is C18H17FN4O4S. The van der Waals surface area contributed by atoms with Crippen LogP contribution in [0.15, 0.2) is 18.2 Å². The van der Waals surface area contributed by atoms with Crippen LogP contribution in [-0.4, -0.2) is 53.3 Å². The van der Waals surface area contributed by atoms with Crippen LogP contribution in [0.3, 0.4) is 0 Å². The summed E-state index contributed by atoms with van der Waals surface area (Å²) in [6, 6.07) is 4.25. The monoisotopic (exact) mass is 404 g/mol. The highest BCUT2D eigenvalue weighted by atomic mass is 32.1. The largest absolute Gasteiger partial charge is 0.478 e. The number of carboxylic acid groups (broad SMARTS) is 1. The van der Waals surface area contributed by atoms with Crippen LogP contribution in [0, 0.1) is 12.7 Å². The summed E-state index contributed by atoms with van der Waals surface area (Å²) < 4.78 is 19.5. The highest BCUT2D eigenvalue weighted by Gasteiger charge is 2.21. The number of thiazole rings is 1. The SMILES string of the molecule is Cc1[nH]c(C(=O)Nc2nc3c(N4CCOCC4)cc(C(=O)O)cc3s2)cc1F. The van der Waals surface area contributed by atoms with Crippen LogP contribution < -0.4 is 10.2 Å². The molecule has 1 amide bonds. The van der Waals surface area contributed by atoms with E-state index >= 15 is 0 Å². The molecule has 0 bridgehead atoms. The first-order valence-corrected chi connectivity index (χ1v) is 9.41. The minimum absolute atomic E-state index is 0.0916. The lowest BCUT2D eigenvalue weighted by Crippen LogP contribution is -2.36. The number of carbonyl (C=O) groups is 2. The van der Waals surface area contributed by atoms with Gasteiger partial charge in [-0.25, -0.2) is 14.2 Å². The molecule has 146 valence electrons. The molecule has 1 aliphatic heterocycles. The van der Waals surface area contributed by atoms with E-state index in [0.717, 1.165) is 6.07 Å². The number of nitrogens with zero attached hydrogens (tertiary/aromatic N) is 2. The zero-order chi connectivity index (χ0) is 19.8. The molecule has 0 atom stereocenters. The summed E-state index contributed by atoms with van der Waals surface area (Å²) in [4.78, 5) is 33.1. The van der Waals surface area contributed by atoms with E-state index in [0.29, 0.717) is 47.3 Å². The van der Waals surface area contributed by atoms with Gasteiger partial charge in [-0.15, -0.1) is 0 Å². The topological polar surface area (TPSA) is 108 Å². The number of fused-ring (bicyclic) bond motifs is 1. The summed E-state index contributed by atoms with van der Waals surface area (Å²) in [6.07, 6.45) is 0. The summed E-state index contributed by atoms with van der Waals surface area (Å²) in [5.74, 6) is -2.04. The highest BCUT2D eigenvalue weighted by Crippen LogP contribution is 2.35. The molecule has 3 N–H and O–H groups in total. The molecule has 10 heteroatoms. The minimum Gasteiger partial charge on any atom is -0.478 e. The predicted molar refractivity (Wildman–Crippen MR) is 103 cm³/mol. The third kappa shape index (κ3) is 3.43. The average molecular weight is 404 g/mol. The number of aryl methyl sites for hydroxylation is 1. The third-order valence-electron chi connectivity index (χ3n) is 4.49. The molecule has 1 aromatic carbocycles. The Balaban J connectivity index is 1.70. The number of hydrogen-bond donors (Lipinski definition) is 3. The summed E-state index contributed by atoms with van der Waals surface area (Å²) >= 11 is 1.17. The van der Waals surface area contributed by atoms with Gasteiger partial charge in [0.1, 0.15) is 17.0 Å². The third-order valence-corrected chi connectivity index (χ3v) is 5.41. The lowest BCUT2D eigenvalue weighted by atomic mass is 10.1. The van der Waals surface area contributed by atoms with Gasteiger partial charge in [-0.2, -0.15) is 0 Å². The molecule has 1 aliphatic rings. The quantitative estimate of drug-likeness (QED) is 0.617. The maximum absolute atomic E-state index is 13.5. The standard InChI is InChI=1S/C18H17FN4O4S/c1-9-11(19)8-12(20-9)16(24)22-18-21-15-13(23-2-4-27-5-3-23)6-10(17(25)26)7-14(15)28-18/h6-8,20H,2-5H2,1H3,(H,25,26)(H,21,22,24). The summed E-state index contributed by atoms with van der Waals surface area (Å²) in [7, 11) is 0. The first-order valence-electron chi connectivity index (χ1n) is 8.59. The molecule has 8 nitrogen and oxygen atoms in total. The van der Waals surface area contributed by atoms with Crippen LogP contribution in [0.4, 0.5) is 15.2 Å². The number of hydrogen-bond acceptors (Lipinski definition) is 6. The second-order valence-corrected chi connectivity index (χ2v) is 7.41. The Morgan fingerprint density at radius 2 is 2.07 bits per heavy atom. The molecule has 0 spiro atoms. The van der Waals surface area contributed by atoms with E-state index in [1.54, 1.807) is 6.07 Å². The van der Waals surface area contributed by atoms with E-state index in [1.807, 2.05) is 4.90 Å². The number of aromatic carboxylic acids is 1. The number of nitrogens with one attached hydrogen (secondary N) is 2. The number of carbonyl (C=O) groups excluding carboxylic acids is 1. The molecule has 2 aromatic heterocycles. The molecule has 28 heavy (non-hydrogen) atoms. The van der Waals surface area contributed by atoms with E-state index in [-0.39, 0.29) is 17.0 Å². The number of morpholine rings is 1. The fraction of sp³-hybridized carbons (Fsp3) is 0.278. The van der Waals surface area contributed by atoms with Crippen molar-refractivity contribution in [1.82, 2.24) is 9.97 Å².